The fraction of sp³-hybridized carbons (Fsp3) is 0.474. The molecule has 1 aromatic heterocycles. The third-order valence-electron chi connectivity index (χ3n) is 4.74. The van der Waals surface area contributed by atoms with Gasteiger partial charge < -0.3 is 15.1 Å². The van der Waals surface area contributed by atoms with Crippen molar-refractivity contribution >= 4 is 11.7 Å². The van der Waals surface area contributed by atoms with E-state index in [1.54, 1.807) is 4.90 Å². The van der Waals surface area contributed by atoms with Crippen LogP contribution in [0.1, 0.15) is 18.3 Å². The van der Waals surface area contributed by atoms with E-state index in [0.717, 1.165) is 17.5 Å². The van der Waals surface area contributed by atoms with Gasteiger partial charge in [0.15, 0.2) is 0 Å². The predicted molar refractivity (Wildman–Crippen MR) is 99.8 cm³/mol. The predicted octanol–water partition coefficient (Wildman–Crippen LogP) is 2.70. The van der Waals surface area contributed by atoms with Crippen molar-refractivity contribution in [3.63, 3.8) is 0 Å². The van der Waals surface area contributed by atoms with Crippen molar-refractivity contribution in [3.8, 4) is 0 Å². The molecule has 0 unspecified atom stereocenters. The fourth-order valence-electron chi connectivity index (χ4n) is 3.36. The third kappa shape index (κ3) is 4.56. The molecule has 146 valence electrons. The zero-order valence-electron chi connectivity index (χ0n) is 15.9. The Kier molecular flexibility index (Phi) is 5.62. The number of aryl methyl sites for hydroxylation is 2. The number of hydrogen-bond donors (Lipinski definition) is 1. The van der Waals surface area contributed by atoms with Gasteiger partial charge in [0.25, 0.3) is 0 Å². The second-order valence-electron chi connectivity index (χ2n) is 7.03. The van der Waals surface area contributed by atoms with Gasteiger partial charge >= 0.3 is 6.03 Å². The SMILES string of the molecule is Cc1cc(C)n(C[C@H](C)NC(=O)N2CCN(c3ccc(F)cc3F)CC2)n1. The summed E-state index contributed by atoms with van der Waals surface area (Å²) in [6.07, 6.45) is 0. The Morgan fingerprint density at radius 1 is 1.19 bits per heavy atom. The summed E-state index contributed by atoms with van der Waals surface area (Å²) >= 11 is 0. The van der Waals surface area contributed by atoms with E-state index in [0.29, 0.717) is 38.4 Å². The monoisotopic (exact) mass is 377 g/mol. The molecule has 2 amide bonds. The number of urea groups is 1. The number of benzene rings is 1. The van der Waals surface area contributed by atoms with Crippen molar-refractivity contribution in [2.45, 2.75) is 33.4 Å². The zero-order valence-corrected chi connectivity index (χ0v) is 15.9. The lowest BCUT2D eigenvalue weighted by atomic mass is 10.2. The molecule has 1 aliphatic heterocycles. The van der Waals surface area contributed by atoms with Crippen LogP contribution in [0.5, 0.6) is 0 Å². The van der Waals surface area contributed by atoms with Crippen LogP contribution in [-0.4, -0.2) is 52.9 Å². The number of carbonyl (C=O) groups excluding carboxylic acids is 1. The second-order valence-corrected chi connectivity index (χ2v) is 7.03. The molecule has 2 aromatic rings. The highest BCUT2D eigenvalue weighted by Gasteiger charge is 2.24. The molecule has 0 spiro atoms. The van der Waals surface area contributed by atoms with Gasteiger partial charge in [0.1, 0.15) is 11.6 Å². The lowest BCUT2D eigenvalue weighted by Gasteiger charge is -2.36. The minimum atomic E-state index is -0.592. The quantitative estimate of drug-likeness (QED) is 0.891. The Morgan fingerprint density at radius 3 is 2.48 bits per heavy atom. The van der Waals surface area contributed by atoms with Crippen LogP contribution in [0, 0.1) is 25.5 Å². The summed E-state index contributed by atoms with van der Waals surface area (Å²) in [7, 11) is 0. The molecule has 3 rings (SSSR count). The van der Waals surface area contributed by atoms with E-state index in [9.17, 15) is 13.6 Å². The average molecular weight is 377 g/mol. The molecule has 2 heterocycles. The maximum Gasteiger partial charge on any atom is 0.317 e. The van der Waals surface area contributed by atoms with E-state index in [2.05, 4.69) is 10.4 Å². The number of rotatable bonds is 4. The van der Waals surface area contributed by atoms with Crippen LogP contribution in [0.3, 0.4) is 0 Å². The van der Waals surface area contributed by atoms with Crippen LogP contribution in [0.25, 0.3) is 0 Å². The number of hydrogen-bond acceptors (Lipinski definition) is 3. The highest BCUT2D eigenvalue weighted by Crippen LogP contribution is 2.21. The maximum absolute atomic E-state index is 13.9. The third-order valence-corrected chi connectivity index (χ3v) is 4.74. The molecule has 0 radical (unpaired) electrons. The van der Waals surface area contributed by atoms with Crippen LogP contribution in [0.15, 0.2) is 24.3 Å². The molecule has 27 heavy (non-hydrogen) atoms. The largest absolute Gasteiger partial charge is 0.366 e. The summed E-state index contributed by atoms with van der Waals surface area (Å²) in [4.78, 5) is 16.0. The minimum absolute atomic E-state index is 0.0666. The van der Waals surface area contributed by atoms with Crippen LogP contribution in [0.2, 0.25) is 0 Å². The Balaban J connectivity index is 1.51. The first-order valence-electron chi connectivity index (χ1n) is 9.10. The van der Waals surface area contributed by atoms with Crippen molar-refractivity contribution in [3.05, 3.63) is 47.3 Å². The summed E-state index contributed by atoms with van der Waals surface area (Å²) in [5.74, 6) is -1.17. The van der Waals surface area contributed by atoms with Crippen molar-refractivity contribution in [2.75, 3.05) is 31.1 Å². The number of anilines is 1. The van der Waals surface area contributed by atoms with Crippen molar-refractivity contribution < 1.29 is 13.6 Å². The summed E-state index contributed by atoms with van der Waals surface area (Å²) in [5, 5.41) is 7.40. The van der Waals surface area contributed by atoms with Crippen LogP contribution in [0.4, 0.5) is 19.3 Å². The van der Waals surface area contributed by atoms with Gasteiger partial charge in [-0.25, -0.2) is 13.6 Å². The smallest absolute Gasteiger partial charge is 0.317 e. The Bertz CT molecular complexity index is 814. The number of amides is 2. The van der Waals surface area contributed by atoms with Gasteiger partial charge in [-0.15, -0.1) is 0 Å². The lowest BCUT2D eigenvalue weighted by Crippen LogP contribution is -2.53. The number of nitrogens with zero attached hydrogens (tertiary/aromatic N) is 4. The number of carbonyl (C=O) groups is 1. The van der Waals surface area contributed by atoms with E-state index in [1.165, 1.54) is 12.1 Å². The van der Waals surface area contributed by atoms with Gasteiger partial charge in [0, 0.05) is 44.0 Å². The Labute approximate surface area is 157 Å². The van der Waals surface area contributed by atoms with Crippen molar-refractivity contribution in [2.24, 2.45) is 0 Å². The van der Waals surface area contributed by atoms with Gasteiger partial charge in [0.2, 0.25) is 0 Å². The first-order chi connectivity index (χ1) is 12.8. The molecule has 1 atom stereocenters. The molecule has 0 bridgehead atoms. The summed E-state index contributed by atoms with van der Waals surface area (Å²) in [5.41, 5.74) is 2.38. The molecule has 1 aromatic carbocycles. The van der Waals surface area contributed by atoms with Gasteiger partial charge in [-0.3, -0.25) is 4.68 Å². The summed E-state index contributed by atoms with van der Waals surface area (Å²) < 4.78 is 28.9. The summed E-state index contributed by atoms with van der Waals surface area (Å²) in [6, 6.07) is 5.37. The molecule has 1 saturated heterocycles. The Morgan fingerprint density at radius 2 is 1.89 bits per heavy atom. The number of halogens is 2. The normalized spacial score (nSPS) is 15.7. The molecule has 6 nitrogen and oxygen atoms in total. The van der Waals surface area contributed by atoms with Gasteiger partial charge in [0.05, 0.1) is 17.9 Å². The molecule has 1 aliphatic rings. The molecule has 1 fully saturated rings. The highest BCUT2D eigenvalue weighted by molar-refractivity contribution is 5.74. The van der Waals surface area contributed by atoms with Gasteiger partial charge in [-0.2, -0.15) is 5.10 Å². The summed E-state index contributed by atoms with van der Waals surface area (Å²) in [6.45, 7) is 8.44. The van der Waals surface area contributed by atoms with Crippen LogP contribution >= 0.6 is 0 Å². The van der Waals surface area contributed by atoms with E-state index in [1.807, 2.05) is 36.4 Å². The highest BCUT2D eigenvalue weighted by atomic mass is 19.1. The average Bonchev–Trinajstić information content (AvgIpc) is 2.92. The van der Waals surface area contributed by atoms with E-state index < -0.39 is 11.6 Å². The van der Waals surface area contributed by atoms with E-state index in [4.69, 9.17) is 0 Å². The van der Waals surface area contributed by atoms with Gasteiger partial charge in [-0.1, -0.05) is 0 Å². The first-order valence-corrected chi connectivity index (χ1v) is 9.10. The van der Waals surface area contributed by atoms with Crippen LogP contribution < -0.4 is 10.2 Å². The maximum atomic E-state index is 13.9. The molecule has 8 heteroatoms. The number of piperazine rings is 1. The molecule has 0 saturated carbocycles. The topological polar surface area (TPSA) is 53.4 Å². The van der Waals surface area contributed by atoms with Gasteiger partial charge in [-0.05, 0) is 39.0 Å². The fourth-order valence-corrected chi connectivity index (χ4v) is 3.36. The zero-order chi connectivity index (χ0) is 19.6. The number of aromatic nitrogens is 2. The van der Waals surface area contributed by atoms with Crippen molar-refractivity contribution in [1.82, 2.24) is 20.0 Å². The minimum Gasteiger partial charge on any atom is -0.366 e. The number of nitrogens with one attached hydrogen (secondary N) is 1. The van der Waals surface area contributed by atoms with E-state index >= 15 is 0 Å². The molecular formula is C19H25F2N5O. The van der Waals surface area contributed by atoms with Crippen LogP contribution in [-0.2, 0) is 6.54 Å². The van der Waals surface area contributed by atoms with E-state index in [-0.39, 0.29) is 12.1 Å². The molecule has 0 aliphatic carbocycles. The lowest BCUT2D eigenvalue weighted by molar-refractivity contribution is 0.189. The second kappa shape index (κ2) is 7.94. The van der Waals surface area contributed by atoms with Crippen molar-refractivity contribution in [1.29, 1.82) is 0 Å². The molecular weight excluding hydrogens is 352 g/mol. The standard InChI is InChI=1S/C19H25F2N5O/c1-13-10-15(3)26(23-13)12-14(2)22-19(27)25-8-6-24(7-9-25)18-5-4-16(20)11-17(18)21/h4-5,10-11,14H,6-9,12H2,1-3H3,(H,22,27)/t14-/m0/s1. The molecule has 1 N–H and O–H groups in total. The Hall–Kier alpha value is -2.64. The first kappa shape index (κ1) is 19.1.